The molecule has 0 aliphatic rings. The Morgan fingerprint density at radius 1 is 1.83 bits per heavy atom. The Hall–Kier alpha value is -0.0800. The second-order valence-electron chi connectivity index (χ2n) is 1.05. The Kier molecular flexibility index (Phi) is 3.08. The molecule has 2 heteroatoms. The van der Waals surface area contributed by atoms with Crippen LogP contribution >= 0.6 is 0 Å². The van der Waals surface area contributed by atoms with E-state index in [9.17, 15) is 0 Å². The van der Waals surface area contributed by atoms with Crippen LogP contribution in [0, 0.1) is 0 Å². The molecule has 0 aromatic heterocycles. The molecule has 0 radical (unpaired) electrons. The minimum Gasteiger partial charge on any atom is -0.368 e. The van der Waals surface area contributed by atoms with Crippen LogP contribution in [-0.2, 0) is 4.74 Å². The lowest BCUT2D eigenvalue weighted by atomic mass is 10.7. The maximum atomic E-state index is 8.33. The van der Waals surface area contributed by atoms with Crippen LogP contribution < -0.4 is 0 Å². The Labute approximate surface area is 37.7 Å². The molecule has 0 aliphatic carbocycles. The van der Waals surface area contributed by atoms with Gasteiger partial charge in [0.1, 0.15) is 0 Å². The average molecular weight is 90.1 g/mol. The SMILES string of the molecule is CCO[C@@H](C)O. The molecule has 0 amide bonds. The molecule has 1 atom stereocenters. The first-order valence-electron chi connectivity index (χ1n) is 2.07. The van der Waals surface area contributed by atoms with Crippen molar-refractivity contribution in [2.75, 3.05) is 6.61 Å². The third kappa shape index (κ3) is 3.92. The van der Waals surface area contributed by atoms with Crippen molar-refractivity contribution < 1.29 is 9.84 Å². The Bertz CT molecular complexity index is 26.7. The molecule has 0 saturated carbocycles. The molecule has 0 aromatic rings. The molecule has 6 heavy (non-hydrogen) atoms. The van der Waals surface area contributed by atoms with Gasteiger partial charge in [-0.1, -0.05) is 0 Å². The Balaban J connectivity index is 2.63. The molecule has 0 unspecified atom stereocenters. The highest BCUT2D eigenvalue weighted by Crippen LogP contribution is 1.78. The Morgan fingerprint density at radius 2 is 2.33 bits per heavy atom. The van der Waals surface area contributed by atoms with Gasteiger partial charge in [-0.25, -0.2) is 0 Å². The predicted octanol–water partition coefficient (Wildman–Crippen LogP) is 0.361. The summed E-state index contributed by atoms with van der Waals surface area (Å²) in [5.41, 5.74) is 0. The predicted molar refractivity (Wildman–Crippen MR) is 23.3 cm³/mol. The molecule has 0 saturated heterocycles. The molecule has 0 rings (SSSR count). The topological polar surface area (TPSA) is 29.5 Å². The van der Waals surface area contributed by atoms with Gasteiger partial charge < -0.3 is 9.84 Å². The standard InChI is InChI=1S/C4H10O2/c1-3-6-4(2)5/h4-5H,3H2,1-2H3/t4-/m0/s1. The lowest BCUT2D eigenvalue weighted by Gasteiger charge is -1.99. The van der Waals surface area contributed by atoms with Crippen LogP contribution in [0.3, 0.4) is 0 Å². The minimum absolute atomic E-state index is 0.581. The van der Waals surface area contributed by atoms with Crippen molar-refractivity contribution in [1.82, 2.24) is 0 Å². The van der Waals surface area contributed by atoms with Crippen molar-refractivity contribution in [1.29, 1.82) is 0 Å². The summed E-state index contributed by atoms with van der Waals surface area (Å²) in [6.07, 6.45) is -0.602. The van der Waals surface area contributed by atoms with Gasteiger partial charge in [0.05, 0.1) is 0 Å². The molecule has 0 spiro atoms. The molecular weight excluding hydrogens is 80.0 g/mol. The van der Waals surface area contributed by atoms with Gasteiger partial charge in [0, 0.05) is 6.61 Å². The van der Waals surface area contributed by atoms with E-state index >= 15 is 0 Å². The summed E-state index contributed by atoms with van der Waals surface area (Å²) in [4.78, 5) is 0. The normalized spacial score (nSPS) is 14.5. The van der Waals surface area contributed by atoms with Gasteiger partial charge in [0.25, 0.3) is 0 Å². The van der Waals surface area contributed by atoms with E-state index in [0.717, 1.165) is 0 Å². The zero-order valence-corrected chi connectivity index (χ0v) is 4.14. The van der Waals surface area contributed by atoms with E-state index in [-0.39, 0.29) is 0 Å². The number of aliphatic hydroxyl groups is 1. The monoisotopic (exact) mass is 90.1 g/mol. The summed E-state index contributed by atoms with van der Waals surface area (Å²) in [7, 11) is 0. The fraction of sp³-hybridized carbons (Fsp3) is 1.00. The maximum absolute atomic E-state index is 8.33. The summed E-state index contributed by atoms with van der Waals surface area (Å²) in [6, 6.07) is 0. The Morgan fingerprint density at radius 3 is 2.33 bits per heavy atom. The van der Waals surface area contributed by atoms with Crippen molar-refractivity contribution in [3.8, 4) is 0 Å². The van der Waals surface area contributed by atoms with E-state index in [1.165, 1.54) is 0 Å². The maximum Gasteiger partial charge on any atom is 0.151 e. The number of rotatable bonds is 2. The lowest BCUT2D eigenvalue weighted by molar-refractivity contribution is -0.0800. The van der Waals surface area contributed by atoms with Crippen LogP contribution in [0.25, 0.3) is 0 Å². The quantitative estimate of drug-likeness (QED) is 0.496. The zero-order valence-electron chi connectivity index (χ0n) is 4.14. The van der Waals surface area contributed by atoms with Crippen LogP contribution in [0.1, 0.15) is 13.8 Å². The van der Waals surface area contributed by atoms with E-state index in [1.54, 1.807) is 6.92 Å². The fourth-order valence-electron chi connectivity index (χ4n) is 0.241. The average Bonchev–Trinajstić information content (AvgIpc) is 1.35. The van der Waals surface area contributed by atoms with E-state index in [1.807, 2.05) is 6.92 Å². The molecule has 38 valence electrons. The summed E-state index contributed by atoms with van der Waals surface area (Å²) < 4.78 is 4.60. The third-order valence-electron chi connectivity index (χ3n) is 0.408. The van der Waals surface area contributed by atoms with Crippen molar-refractivity contribution in [3.63, 3.8) is 0 Å². The number of ether oxygens (including phenoxy) is 1. The second-order valence-corrected chi connectivity index (χ2v) is 1.05. The van der Waals surface area contributed by atoms with Crippen LogP contribution in [-0.4, -0.2) is 18.0 Å². The van der Waals surface area contributed by atoms with Gasteiger partial charge >= 0.3 is 0 Å². The van der Waals surface area contributed by atoms with E-state index in [0.29, 0.717) is 6.61 Å². The molecule has 0 aliphatic heterocycles. The van der Waals surface area contributed by atoms with Crippen molar-refractivity contribution >= 4 is 0 Å². The molecule has 0 fully saturated rings. The largest absolute Gasteiger partial charge is 0.368 e. The fourth-order valence-corrected chi connectivity index (χ4v) is 0.241. The van der Waals surface area contributed by atoms with Crippen LogP contribution in [0.5, 0.6) is 0 Å². The molecule has 0 aromatic carbocycles. The van der Waals surface area contributed by atoms with Crippen LogP contribution in [0.4, 0.5) is 0 Å². The summed E-state index contributed by atoms with van der Waals surface area (Å²) in [5, 5.41) is 8.33. The van der Waals surface area contributed by atoms with E-state index < -0.39 is 6.29 Å². The van der Waals surface area contributed by atoms with Crippen molar-refractivity contribution in [2.45, 2.75) is 20.1 Å². The van der Waals surface area contributed by atoms with E-state index in [2.05, 4.69) is 4.74 Å². The smallest absolute Gasteiger partial charge is 0.151 e. The lowest BCUT2D eigenvalue weighted by Crippen LogP contribution is -2.04. The summed E-state index contributed by atoms with van der Waals surface area (Å²) in [5.74, 6) is 0. The molecule has 2 nitrogen and oxygen atoms in total. The van der Waals surface area contributed by atoms with Crippen LogP contribution in [0.2, 0.25) is 0 Å². The van der Waals surface area contributed by atoms with Gasteiger partial charge in [-0.05, 0) is 13.8 Å². The highest BCUT2D eigenvalue weighted by molar-refractivity contribution is 4.17. The number of aliphatic hydroxyl groups excluding tert-OH is 1. The summed E-state index contributed by atoms with van der Waals surface area (Å²) >= 11 is 0. The first-order chi connectivity index (χ1) is 2.77. The van der Waals surface area contributed by atoms with E-state index in [4.69, 9.17) is 5.11 Å². The van der Waals surface area contributed by atoms with Crippen molar-refractivity contribution in [2.24, 2.45) is 0 Å². The highest BCUT2D eigenvalue weighted by atomic mass is 16.6. The summed E-state index contributed by atoms with van der Waals surface area (Å²) in [6.45, 7) is 4.01. The zero-order chi connectivity index (χ0) is 4.99. The molecular formula is C4H10O2. The van der Waals surface area contributed by atoms with Crippen LogP contribution in [0.15, 0.2) is 0 Å². The van der Waals surface area contributed by atoms with Gasteiger partial charge in [0.2, 0.25) is 0 Å². The third-order valence-corrected chi connectivity index (χ3v) is 0.408. The van der Waals surface area contributed by atoms with Gasteiger partial charge in [-0.3, -0.25) is 0 Å². The van der Waals surface area contributed by atoms with Gasteiger partial charge in [-0.2, -0.15) is 0 Å². The molecule has 1 N–H and O–H groups in total. The molecule has 0 heterocycles. The van der Waals surface area contributed by atoms with Gasteiger partial charge in [-0.15, -0.1) is 0 Å². The minimum atomic E-state index is -0.602. The molecule has 0 bridgehead atoms. The number of hydrogen-bond donors (Lipinski definition) is 1. The van der Waals surface area contributed by atoms with Crippen molar-refractivity contribution in [3.05, 3.63) is 0 Å². The van der Waals surface area contributed by atoms with Gasteiger partial charge in [0.15, 0.2) is 6.29 Å². The highest BCUT2D eigenvalue weighted by Gasteiger charge is 1.85. The number of hydrogen-bond acceptors (Lipinski definition) is 2. The second kappa shape index (κ2) is 3.12. The first kappa shape index (κ1) is 5.92. The first-order valence-corrected chi connectivity index (χ1v) is 2.07.